The first-order valence-corrected chi connectivity index (χ1v) is 6.59. The predicted octanol–water partition coefficient (Wildman–Crippen LogP) is 3.96. The molecule has 2 aromatic rings. The Kier molecular flexibility index (Phi) is 4.28. The van der Waals surface area contributed by atoms with E-state index in [2.05, 4.69) is 31.5 Å². The zero-order valence-corrected chi connectivity index (χ0v) is 12.2. The van der Waals surface area contributed by atoms with Crippen molar-refractivity contribution in [3.8, 4) is 0 Å². The Morgan fingerprint density at radius 3 is 2.83 bits per heavy atom. The molecule has 0 atom stereocenters. The summed E-state index contributed by atoms with van der Waals surface area (Å²) in [4.78, 5) is 4.02. The third kappa shape index (κ3) is 3.51. The van der Waals surface area contributed by atoms with Crippen LogP contribution in [0, 0.1) is 6.92 Å². The fraction of sp³-hybridized carbons (Fsp3) is 0.0769. The lowest BCUT2D eigenvalue weighted by atomic mass is 10.2. The standard InChI is InChI=1S/C13H12BrN3S/c1-9-4-5-11(14)12(7-9)17-13(18)16-10-3-2-6-15-8-10/h2-8H,1H3,(H2,16,17,18). The van der Waals surface area contributed by atoms with E-state index in [0.717, 1.165) is 15.8 Å². The van der Waals surface area contributed by atoms with Gasteiger partial charge in [-0.25, -0.2) is 0 Å². The van der Waals surface area contributed by atoms with E-state index in [1.54, 1.807) is 12.4 Å². The third-order valence-corrected chi connectivity index (χ3v) is 3.19. The van der Waals surface area contributed by atoms with Crippen molar-refractivity contribution in [2.24, 2.45) is 0 Å². The topological polar surface area (TPSA) is 37.0 Å². The molecule has 1 heterocycles. The van der Waals surface area contributed by atoms with Crippen molar-refractivity contribution >= 4 is 44.6 Å². The number of halogens is 1. The molecule has 0 radical (unpaired) electrons. The molecular formula is C13H12BrN3S. The number of anilines is 2. The van der Waals surface area contributed by atoms with Crippen molar-refractivity contribution in [3.63, 3.8) is 0 Å². The first-order valence-electron chi connectivity index (χ1n) is 5.39. The van der Waals surface area contributed by atoms with Gasteiger partial charge in [0.2, 0.25) is 0 Å². The van der Waals surface area contributed by atoms with E-state index in [-0.39, 0.29) is 0 Å². The lowest BCUT2D eigenvalue weighted by molar-refractivity contribution is 1.33. The summed E-state index contributed by atoms with van der Waals surface area (Å²) in [7, 11) is 0. The van der Waals surface area contributed by atoms with Crippen LogP contribution in [0.25, 0.3) is 0 Å². The largest absolute Gasteiger partial charge is 0.332 e. The van der Waals surface area contributed by atoms with E-state index < -0.39 is 0 Å². The molecule has 0 saturated carbocycles. The number of benzene rings is 1. The summed E-state index contributed by atoms with van der Waals surface area (Å²) in [5.41, 5.74) is 2.97. The monoisotopic (exact) mass is 321 g/mol. The Hall–Kier alpha value is -1.46. The molecule has 1 aromatic heterocycles. The summed E-state index contributed by atoms with van der Waals surface area (Å²) in [6.07, 6.45) is 3.44. The summed E-state index contributed by atoms with van der Waals surface area (Å²) < 4.78 is 0.975. The number of hydrogen-bond acceptors (Lipinski definition) is 2. The van der Waals surface area contributed by atoms with Gasteiger partial charge < -0.3 is 10.6 Å². The molecule has 0 aliphatic carbocycles. The third-order valence-electron chi connectivity index (χ3n) is 2.29. The summed E-state index contributed by atoms with van der Waals surface area (Å²) >= 11 is 8.73. The van der Waals surface area contributed by atoms with Gasteiger partial charge in [-0.3, -0.25) is 4.98 Å². The van der Waals surface area contributed by atoms with E-state index in [4.69, 9.17) is 12.2 Å². The molecule has 0 bridgehead atoms. The fourth-order valence-corrected chi connectivity index (χ4v) is 2.03. The van der Waals surface area contributed by atoms with Crippen LogP contribution in [0.1, 0.15) is 5.56 Å². The van der Waals surface area contributed by atoms with E-state index in [1.165, 1.54) is 5.56 Å². The van der Waals surface area contributed by atoms with Crippen LogP contribution < -0.4 is 10.6 Å². The van der Waals surface area contributed by atoms with Crippen LogP contribution in [0.3, 0.4) is 0 Å². The Balaban J connectivity index is 2.05. The van der Waals surface area contributed by atoms with Gasteiger partial charge in [0.05, 0.1) is 17.6 Å². The highest BCUT2D eigenvalue weighted by molar-refractivity contribution is 9.10. The maximum absolute atomic E-state index is 5.25. The molecule has 2 rings (SSSR count). The van der Waals surface area contributed by atoms with Gasteiger partial charge in [-0.05, 0) is 64.9 Å². The molecule has 3 nitrogen and oxygen atoms in total. The van der Waals surface area contributed by atoms with E-state index in [0.29, 0.717) is 5.11 Å². The van der Waals surface area contributed by atoms with Crippen molar-refractivity contribution < 1.29 is 0 Å². The Bertz CT molecular complexity index is 557. The minimum Gasteiger partial charge on any atom is -0.332 e. The van der Waals surface area contributed by atoms with Crippen molar-refractivity contribution in [2.45, 2.75) is 6.92 Å². The summed E-state index contributed by atoms with van der Waals surface area (Å²) in [5, 5.41) is 6.76. The highest BCUT2D eigenvalue weighted by Gasteiger charge is 2.03. The number of pyridine rings is 1. The second kappa shape index (κ2) is 5.93. The van der Waals surface area contributed by atoms with Gasteiger partial charge in [0.1, 0.15) is 0 Å². The number of aryl methyl sites for hydroxylation is 1. The number of nitrogens with one attached hydrogen (secondary N) is 2. The molecule has 92 valence electrons. The zero-order valence-electron chi connectivity index (χ0n) is 9.77. The maximum Gasteiger partial charge on any atom is 0.175 e. The van der Waals surface area contributed by atoms with E-state index >= 15 is 0 Å². The van der Waals surface area contributed by atoms with Crippen LogP contribution in [0.4, 0.5) is 11.4 Å². The zero-order chi connectivity index (χ0) is 13.0. The van der Waals surface area contributed by atoms with E-state index in [9.17, 15) is 0 Å². The SMILES string of the molecule is Cc1ccc(Br)c(NC(=S)Nc2cccnc2)c1. The highest BCUT2D eigenvalue weighted by Crippen LogP contribution is 2.23. The van der Waals surface area contributed by atoms with Gasteiger partial charge in [0.25, 0.3) is 0 Å². The average Bonchev–Trinajstić information content (AvgIpc) is 2.35. The van der Waals surface area contributed by atoms with E-state index in [1.807, 2.05) is 37.3 Å². The van der Waals surface area contributed by atoms with Crippen molar-refractivity contribution in [3.05, 3.63) is 52.8 Å². The molecule has 0 fully saturated rings. The van der Waals surface area contributed by atoms with Crippen LogP contribution in [-0.4, -0.2) is 10.1 Å². The minimum absolute atomic E-state index is 0.536. The van der Waals surface area contributed by atoms with Gasteiger partial charge in [-0.15, -0.1) is 0 Å². The molecule has 5 heteroatoms. The second-order valence-corrected chi connectivity index (χ2v) is 5.07. The second-order valence-electron chi connectivity index (χ2n) is 3.80. The molecule has 2 N–H and O–H groups in total. The predicted molar refractivity (Wildman–Crippen MR) is 83.0 cm³/mol. The molecule has 0 spiro atoms. The molecule has 0 saturated heterocycles. The fourth-order valence-electron chi connectivity index (χ4n) is 1.46. The van der Waals surface area contributed by atoms with Crippen LogP contribution in [0.5, 0.6) is 0 Å². The minimum atomic E-state index is 0.536. The molecule has 1 aromatic carbocycles. The summed E-state index contributed by atoms with van der Waals surface area (Å²) in [6, 6.07) is 9.82. The van der Waals surface area contributed by atoms with Gasteiger partial charge >= 0.3 is 0 Å². The number of thiocarbonyl (C=S) groups is 1. The highest BCUT2D eigenvalue weighted by atomic mass is 79.9. The number of nitrogens with zero attached hydrogens (tertiary/aromatic N) is 1. The lowest BCUT2D eigenvalue weighted by Gasteiger charge is -2.12. The quantitative estimate of drug-likeness (QED) is 0.821. The Morgan fingerprint density at radius 2 is 2.11 bits per heavy atom. The first-order chi connectivity index (χ1) is 8.65. The molecule has 0 aliphatic heterocycles. The number of rotatable bonds is 2. The normalized spacial score (nSPS) is 9.89. The van der Waals surface area contributed by atoms with Gasteiger partial charge in [-0.2, -0.15) is 0 Å². The van der Waals surface area contributed by atoms with Crippen LogP contribution >= 0.6 is 28.1 Å². The van der Waals surface area contributed by atoms with Crippen molar-refractivity contribution in [1.82, 2.24) is 4.98 Å². The molecule has 0 unspecified atom stereocenters. The Morgan fingerprint density at radius 1 is 1.28 bits per heavy atom. The van der Waals surface area contributed by atoms with Crippen molar-refractivity contribution in [2.75, 3.05) is 10.6 Å². The lowest BCUT2D eigenvalue weighted by Crippen LogP contribution is -2.19. The van der Waals surface area contributed by atoms with Crippen molar-refractivity contribution in [1.29, 1.82) is 0 Å². The van der Waals surface area contributed by atoms with Gasteiger partial charge in [-0.1, -0.05) is 6.07 Å². The number of hydrogen-bond donors (Lipinski definition) is 2. The van der Waals surface area contributed by atoms with Crippen LogP contribution in [0.15, 0.2) is 47.2 Å². The molecule has 0 aliphatic rings. The van der Waals surface area contributed by atoms with Crippen LogP contribution in [-0.2, 0) is 0 Å². The van der Waals surface area contributed by atoms with Gasteiger partial charge in [0, 0.05) is 10.7 Å². The molecule has 18 heavy (non-hydrogen) atoms. The average molecular weight is 322 g/mol. The Labute approximate surface area is 120 Å². The maximum atomic E-state index is 5.25. The summed E-state index contributed by atoms with van der Waals surface area (Å²) in [5.74, 6) is 0. The smallest absolute Gasteiger partial charge is 0.175 e. The van der Waals surface area contributed by atoms with Crippen LogP contribution in [0.2, 0.25) is 0 Å². The number of aromatic nitrogens is 1. The first kappa shape index (κ1) is 13.0. The summed E-state index contributed by atoms with van der Waals surface area (Å²) in [6.45, 7) is 2.04. The molecular weight excluding hydrogens is 310 g/mol. The molecule has 0 amide bonds. The van der Waals surface area contributed by atoms with Gasteiger partial charge in [0.15, 0.2) is 5.11 Å².